The predicted octanol–water partition coefficient (Wildman–Crippen LogP) is 1.53. The van der Waals surface area contributed by atoms with Crippen LogP contribution in [0.2, 0.25) is 0 Å². The third-order valence-electron chi connectivity index (χ3n) is 3.26. The summed E-state index contributed by atoms with van der Waals surface area (Å²) < 4.78 is 18.3. The Morgan fingerprint density at radius 1 is 1.37 bits per heavy atom. The van der Waals surface area contributed by atoms with Crippen molar-refractivity contribution >= 4 is 5.97 Å². The first kappa shape index (κ1) is 14.0. The maximum Gasteiger partial charge on any atom is 0.308 e. The molecule has 0 radical (unpaired) electrons. The van der Waals surface area contributed by atoms with Gasteiger partial charge in [0.05, 0.1) is 6.04 Å². The zero-order valence-corrected chi connectivity index (χ0v) is 11.1. The van der Waals surface area contributed by atoms with Crippen LogP contribution < -0.4 is 10.1 Å². The number of benzene rings is 1. The van der Waals surface area contributed by atoms with Gasteiger partial charge in [-0.25, -0.2) is 4.39 Å². The fourth-order valence-corrected chi connectivity index (χ4v) is 2.32. The summed E-state index contributed by atoms with van der Waals surface area (Å²) >= 11 is 0. The SMILES string of the molecule is CC(=O)Oc1ccc([C@@H](CF)N2CCNCC2)cc1. The molecular weight excluding hydrogens is 247 g/mol. The Kier molecular flexibility index (Phi) is 4.87. The summed E-state index contributed by atoms with van der Waals surface area (Å²) in [5, 5.41) is 3.25. The van der Waals surface area contributed by atoms with Gasteiger partial charge < -0.3 is 10.1 Å². The Hall–Kier alpha value is -1.46. The molecule has 1 saturated heterocycles. The fraction of sp³-hybridized carbons (Fsp3) is 0.500. The van der Waals surface area contributed by atoms with E-state index in [1.54, 1.807) is 12.1 Å². The number of nitrogens with zero attached hydrogens (tertiary/aromatic N) is 1. The zero-order valence-electron chi connectivity index (χ0n) is 11.1. The minimum atomic E-state index is -0.410. The summed E-state index contributed by atoms with van der Waals surface area (Å²) in [5.41, 5.74) is 0.917. The molecule has 1 aliphatic heterocycles. The van der Waals surface area contributed by atoms with Crippen LogP contribution >= 0.6 is 0 Å². The number of piperazine rings is 1. The molecule has 1 aromatic rings. The molecular formula is C14H19FN2O2. The summed E-state index contributed by atoms with van der Waals surface area (Å²) in [6, 6.07) is 6.85. The molecule has 0 saturated carbocycles. The van der Waals surface area contributed by atoms with Crippen LogP contribution in [0.3, 0.4) is 0 Å². The highest BCUT2D eigenvalue weighted by Crippen LogP contribution is 2.24. The van der Waals surface area contributed by atoms with Crippen LogP contribution in [0.5, 0.6) is 5.75 Å². The average Bonchev–Trinajstić information content (AvgIpc) is 2.42. The van der Waals surface area contributed by atoms with E-state index in [1.807, 2.05) is 12.1 Å². The van der Waals surface area contributed by atoms with Crippen molar-refractivity contribution < 1.29 is 13.9 Å². The molecule has 5 heteroatoms. The number of esters is 1. The lowest BCUT2D eigenvalue weighted by Gasteiger charge is -2.33. The number of carbonyl (C=O) groups excluding carboxylic acids is 1. The van der Waals surface area contributed by atoms with Crippen LogP contribution in [0, 0.1) is 0 Å². The van der Waals surface area contributed by atoms with Crippen molar-refractivity contribution in [1.82, 2.24) is 10.2 Å². The standard InChI is InChI=1S/C14H19FN2O2/c1-11(18)19-13-4-2-12(3-5-13)14(10-15)17-8-6-16-7-9-17/h2-5,14,16H,6-10H2,1H3/t14-/m1/s1. The third-order valence-corrected chi connectivity index (χ3v) is 3.26. The van der Waals surface area contributed by atoms with E-state index in [1.165, 1.54) is 6.92 Å². The van der Waals surface area contributed by atoms with Crippen LogP contribution in [-0.4, -0.2) is 43.7 Å². The van der Waals surface area contributed by atoms with Gasteiger partial charge in [-0.2, -0.15) is 0 Å². The van der Waals surface area contributed by atoms with Crippen molar-refractivity contribution in [1.29, 1.82) is 0 Å². The van der Waals surface area contributed by atoms with E-state index in [2.05, 4.69) is 10.2 Å². The molecule has 1 fully saturated rings. The van der Waals surface area contributed by atoms with E-state index >= 15 is 0 Å². The summed E-state index contributed by atoms with van der Waals surface area (Å²) in [5.74, 6) is 0.145. The van der Waals surface area contributed by atoms with Crippen molar-refractivity contribution in [2.24, 2.45) is 0 Å². The molecule has 4 nitrogen and oxygen atoms in total. The van der Waals surface area contributed by atoms with Gasteiger partial charge in [-0.15, -0.1) is 0 Å². The number of hydrogen-bond acceptors (Lipinski definition) is 4. The van der Waals surface area contributed by atoms with Crippen LogP contribution in [0.25, 0.3) is 0 Å². The molecule has 1 aliphatic rings. The fourth-order valence-electron chi connectivity index (χ4n) is 2.32. The number of halogens is 1. The van der Waals surface area contributed by atoms with Crippen LogP contribution in [-0.2, 0) is 4.79 Å². The molecule has 104 valence electrons. The minimum Gasteiger partial charge on any atom is -0.427 e. The summed E-state index contributed by atoms with van der Waals surface area (Å²) in [4.78, 5) is 13.0. The van der Waals surface area contributed by atoms with Gasteiger partial charge in [0.1, 0.15) is 12.4 Å². The number of nitrogens with one attached hydrogen (secondary N) is 1. The maximum absolute atomic E-state index is 13.3. The van der Waals surface area contributed by atoms with E-state index in [0.29, 0.717) is 5.75 Å². The second-order valence-corrected chi connectivity index (χ2v) is 4.62. The van der Waals surface area contributed by atoms with E-state index in [4.69, 9.17) is 4.74 Å². The molecule has 1 heterocycles. The van der Waals surface area contributed by atoms with Gasteiger partial charge in [0.15, 0.2) is 0 Å². The van der Waals surface area contributed by atoms with Gasteiger partial charge in [-0.05, 0) is 17.7 Å². The predicted molar refractivity (Wildman–Crippen MR) is 70.9 cm³/mol. The highest BCUT2D eigenvalue weighted by Gasteiger charge is 2.21. The second kappa shape index (κ2) is 6.63. The Labute approximate surface area is 112 Å². The normalized spacial score (nSPS) is 18.0. The number of hydrogen-bond donors (Lipinski definition) is 1. The molecule has 0 aliphatic carbocycles. The largest absolute Gasteiger partial charge is 0.427 e. The van der Waals surface area contributed by atoms with Crippen molar-refractivity contribution in [3.63, 3.8) is 0 Å². The Balaban J connectivity index is 2.07. The summed E-state index contributed by atoms with van der Waals surface area (Å²) in [7, 11) is 0. The lowest BCUT2D eigenvalue weighted by molar-refractivity contribution is -0.131. The van der Waals surface area contributed by atoms with Gasteiger partial charge in [-0.1, -0.05) is 12.1 Å². The molecule has 1 N–H and O–H groups in total. The van der Waals surface area contributed by atoms with Gasteiger partial charge in [0.25, 0.3) is 0 Å². The summed E-state index contributed by atoms with van der Waals surface area (Å²) in [6.07, 6.45) is 0. The van der Waals surface area contributed by atoms with E-state index in [-0.39, 0.29) is 12.0 Å². The molecule has 0 bridgehead atoms. The molecule has 0 aromatic heterocycles. The molecule has 0 unspecified atom stereocenters. The molecule has 1 atom stereocenters. The second-order valence-electron chi connectivity index (χ2n) is 4.62. The van der Waals surface area contributed by atoms with Crippen molar-refractivity contribution in [2.75, 3.05) is 32.9 Å². The van der Waals surface area contributed by atoms with Crippen molar-refractivity contribution in [3.05, 3.63) is 29.8 Å². The average molecular weight is 266 g/mol. The van der Waals surface area contributed by atoms with Crippen LogP contribution in [0.1, 0.15) is 18.5 Å². The van der Waals surface area contributed by atoms with E-state index < -0.39 is 6.67 Å². The maximum atomic E-state index is 13.3. The van der Waals surface area contributed by atoms with Crippen molar-refractivity contribution in [3.8, 4) is 5.75 Å². The topological polar surface area (TPSA) is 41.6 Å². The molecule has 0 amide bonds. The van der Waals surface area contributed by atoms with Gasteiger partial charge >= 0.3 is 5.97 Å². The van der Waals surface area contributed by atoms with Crippen LogP contribution in [0.4, 0.5) is 4.39 Å². The van der Waals surface area contributed by atoms with Crippen LogP contribution in [0.15, 0.2) is 24.3 Å². The highest BCUT2D eigenvalue weighted by molar-refractivity contribution is 5.69. The Morgan fingerprint density at radius 2 is 2.00 bits per heavy atom. The Bertz CT molecular complexity index is 416. The first-order chi connectivity index (χ1) is 9.20. The first-order valence-corrected chi connectivity index (χ1v) is 6.50. The van der Waals surface area contributed by atoms with E-state index in [9.17, 15) is 9.18 Å². The third kappa shape index (κ3) is 3.75. The number of rotatable bonds is 4. The van der Waals surface area contributed by atoms with Gasteiger partial charge in [0, 0.05) is 33.1 Å². The quantitative estimate of drug-likeness (QED) is 0.663. The lowest BCUT2D eigenvalue weighted by atomic mass is 10.1. The molecule has 19 heavy (non-hydrogen) atoms. The smallest absolute Gasteiger partial charge is 0.308 e. The molecule has 1 aromatic carbocycles. The Morgan fingerprint density at radius 3 is 2.53 bits per heavy atom. The highest BCUT2D eigenvalue weighted by atomic mass is 19.1. The minimum absolute atomic E-state index is 0.214. The lowest BCUT2D eigenvalue weighted by Crippen LogP contribution is -2.45. The van der Waals surface area contributed by atoms with Crippen molar-refractivity contribution in [2.45, 2.75) is 13.0 Å². The molecule has 2 rings (SSSR count). The number of ether oxygens (including phenoxy) is 1. The zero-order chi connectivity index (χ0) is 13.7. The number of carbonyl (C=O) groups is 1. The molecule has 0 spiro atoms. The van der Waals surface area contributed by atoms with E-state index in [0.717, 1.165) is 31.7 Å². The van der Waals surface area contributed by atoms with Gasteiger partial charge in [0.2, 0.25) is 0 Å². The summed E-state index contributed by atoms with van der Waals surface area (Å²) in [6.45, 7) is 4.43. The van der Waals surface area contributed by atoms with Gasteiger partial charge in [-0.3, -0.25) is 9.69 Å². The first-order valence-electron chi connectivity index (χ1n) is 6.50. The monoisotopic (exact) mass is 266 g/mol. The number of alkyl halides is 1.